The van der Waals surface area contributed by atoms with Gasteiger partial charge in [0, 0.05) is 12.6 Å². The van der Waals surface area contributed by atoms with Crippen LogP contribution in [-0.4, -0.2) is 31.6 Å². The van der Waals surface area contributed by atoms with E-state index < -0.39 is 0 Å². The molecule has 1 aromatic rings. The second kappa shape index (κ2) is 6.76. The van der Waals surface area contributed by atoms with Crippen LogP contribution in [0.25, 0.3) is 0 Å². The monoisotopic (exact) mass is 248 g/mol. The van der Waals surface area contributed by atoms with Crippen molar-refractivity contribution in [1.29, 1.82) is 0 Å². The Bertz CT molecular complexity index is 342. The molecule has 3 nitrogen and oxygen atoms in total. The van der Waals surface area contributed by atoms with Gasteiger partial charge in [-0.15, -0.1) is 0 Å². The van der Waals surface area contributed by atoms with Gasteiger partial charge in [-0.2, -0.15) is 0 Å². The van der Waals surface area contributed by atoms with Gasteiger partial charge in [0.15, 0.2) is 0 Å². The molecule has 1 aromatic carbocycles. The molecule has 0 spiro atoms. The first kappa shape index (κ1) is 13.4. The van der Waals surface area contributed by atoms with Crippen LogP contribution in [-0.2, 0) is 0 Å². The number of nitrogens with two attached hydrogens (primary N) is 1. The van der Waals surface area contributed by atoms with E-state index in [1.807, 2.05) is 12.1 Å². The summed E-state index contributed by atoms with van der Waals surface area (Å²) in [4.78, 5) is 2.50. The summed E-state index contributed by atoms with van der Waals surface area (Å²) < 4.78 is 5.16. The summed E-state index contributed by atoms with van der Waals surface area (Å²) in [6, 6.07) is 8.21. The molecule has 18 heavy (non-hydrogen) atoms. The summed E-state index contributed by atoms with van der Waals surface area (Å²) >= 11 is 0. The molecule has 3 heteroatoms. The molecular formula is C15H24N2O. The predicted octanol–water partition coefficient (Wildman–Crippen LogP) is 2.57. The predicted molar refractivity (Wildman–Crippen MR) is 74.8 cm³/mol. The molecule has 100 valence electrons. The molecule has 0 aromatic heterocycles. The molecule has 0 bridgehead atoms. The molecule has 1 aliphatic rings. The Balaban J connectivity index is 1.90. The van der Waals surface area contributed by atoms with Gasteiger partial charge in [0.1, 0.15) is 5.75 Å². The second-order valence-electron chi connectivity index (χ2n) is 5.09. The first-order chi connectivity index (χ1) is 8.79. The summed E-state index contributed by atoms with van der Waals surface area (Å²) in [6.07, 6.45) is 5.37. The maximum atomic E-state index is 6.29. The minimum absolute atomic E-state index is 0.106. The molecule has 2 N–H and O–H groups in total. The van der Waals surface area contributed by atoms with Gasteiger partial charge in [-0.05, 0) is 43.6 Å². The van der Waals surface area contributed by atoms with Gasteiger partial charge >= 0.3 is 0 Å². The van der Waals surface area contributed by atoms with Gasteiger partial charge in [-0.1, -0.05) is 25.0 Å². The average Bonchev–Trinajstić information content (AvgIpc) is 2.67. The first-order valence-electron chi connectivity index (χ1n) is 6.91. The molecule has 0 radical (unpaired) electrons. The van der Waals surface area contributed by atoms with Gasteiger partial charge in [-0.25, -0.2) is 0 Å². The number of benzene rings is 1. The number of hydrogen-bond acceptors (Lipinski definition) is 3. The van der Waals surface area contributed by atoms with Crippen molar-refractivity contribution in [1.82, 2.24) is 4.90 Å². The Morgan fingerprint density at radius 1 is 1.11 bits per heavy atom. The molecule has 1 aliphatic heterocycles. The lowest BCUT2D eigenvalue weighted by Gasteiger charge is -2.24. The van der Waals surface area contributed by atoms with Crippen molar-refractivity contribution in [3.05, 3.63) is 29.8 Å². The van der Waals surface area contributed by atoms with E-state index in [4.69, 9.17) is 10.5 Å². The molecule has 1 heterocycles. The van der Waals surface area contributed by atoms with Crippen molar-refractivity contribution in [3.8, 4) is 5.75 Å². The third-order valence-corrected chi connectivity index (χ3v) is 3.70. The zero-order chi connectivity index (χ0) is 12.8. The van der Waals surface area contributed by atoms with Crippen molar-refractivity contribution in [3.63, 3.8) is 0 Å². The van der Waals surface area contributed by atoms with Gasteiger partial charge in [-0.3, -0.25) is 0 Å². The number of likely N-dealkylation sites (tertiary alicyclic amines) is 1. The second-order valence-corrected chi connectivity index (χ2v) is 5.09. The summed E-state index contributed by atoms with van der Waals surface area (Å²) in [5.41, 5.74) is 7.48. The van der Waals surface area contributed by atoms with Crippen molar-refractivity contribution in [2.75, 3.05) is 26.7 Å². The summed E-state index contributed by atoms with van der Waals surface area (Å²) in [5, 5.41) is 0. The van der Waals surface area contributed by atoms with E-state index in [1.54, 1.807) is 7.11 Å². The smallest absolute Gasteiger partial charge is 0.118 e. The Morgan fingerprint density at radius 2 is 1.72 bits per heavy atom. The Labute approximate surface area is 110 Å². The number of ether oxygens (including phenoxy) is 1. The van der Waals surface area contributed by atoms with Crippen molar-refractivity contribution < 1.29 is 4.74 Å². The van der Waals surface area contributed by atoms with E-state index in [0.717, 1.165) is 12.3 Å². The Morgan fingerprint density at radius 3 is 2.28 bits per heavy atom. The average molecular weight is 248 g/mol. The molecule has 2 rings (SSSR count). The third-order valence-electron chi connectivity index (χ3n) is 3.70. The fourth-order valence-corrected chi connectivity index (χ4v) is 2.55. The molecule has 0 saturated carbocycles. The lowest BCUT2D eigenvalue weighted by Crippen LogP contribution is -2.32. The highest BCUT2D eigenvalue weighted by Gasteiger charge is 2.14. The van der Waals surface area contributed by atoms with E-state index in [0.29, 0.717) is 0 Å². The molecular weight excluding hydrogens is 224 g/mol. The third kappa shape index (κ3) is 3.72. The topological polar surface area (TPSA) is 38.5 Å². The van der Waals surface area contributed by atoms with Crippen LogP contribution in [0.3, 0.4) is 0 Å². The van der Waals surface area contributed by atoms with Crippen LogP contribution in [0.5, 0.6) is 5.75 Å². The van der Waals surface area contributed by atoms with E-state index in [-0.39, 0.29) is 6.04 Å². The highest BCUT2D eigenvalue weighted by atomic mass is 16.5. The van der Waals surface area contributed by atoms with Crippen LogP contribution in [0.4, 0.5) is 0 Å². The van der Waals surface area contributed by atoms with Crippen LogP contribution in [0.15, 0.2) is 24.3 Å². The Kier molecular flexibility index (Phi) is 5.02. The molecule has 0 aliphatic carbocycles. The number of rotatable bonds is 4. The van der Waals surface area contributed by atoms with Crippen LogP contribution >= 0.6 is 0 Å². The van der Waals surface area contributed by atoms with Crippen molar-refractivity contribution in [2.24, 2.45) is 5.73 Å². The van der Waals surface area contributed by atoms with Crippen LogP contribution in [0.1, 0.15) is 37.3 Å². The van der Waals surface area contributed by atoms with E-state index in [1.165, 1.54) is 44.3 Å². The molecule has 1 atom stereocenters. The summed E-state index contributed by atoms with van der Waals surface area (Å²) in [6.45, 7) is 3.36. The molecule has 1 unspecified atom stereocenters. The number of methoxy groups -OCH3 is 1. The molecule has 0 amide bonds. The van der Waals surface area contributed by atoms with Crippen molar-refractivity contribution in [2.45, 2.75) is 31.7 Å². The zero-order valence-electron chi connectivity index (χ0n) is 11.3. The molecule has 1 saturated heterocycles. The van der Waals surface area contributed by atoms with E-state index in [2.05, 4.69) is 17.0 Å². The SMILES string of the molecule is COc1ccc(C(N)CN2CCCCCC2)cc1. The Hall–Kier alpha value is -1.06. The van der Waals surface area contributed by atoms with Crippen molar-refractivity contribution >= 4 is 0 Å². The standard InChI is InChI=1S/C15H24N2O/c1-18-14-8-6-13(7-9-14)15(16)12-17-10-4-2-3-5-11-17/h6-9,15H,2-5,10-12,16H2,1H3. The van der Waals surface area contributed by atoms with Crippen LogP contribution < -0.4 is 10.5 Å². The highest BCUT2D eigenvalue weighted by Crippen LogP contribution is 2.18. The van der Waals surface area contributed by atoms with Crippen LogP contribution in [0.2, 0.25) is 0 Å². The van der Waals surface area contributed by atoms with E-state index >= 15 is 0 Å². The van der Waals surface area contributed by atoms with Crippen LogP contribution in [0, 0.1) is 0 Å². The summed E-state index contributed by atoms with van der Waals surface area (Å²) in [5.74, 6) is 0.890. The highest BCUT2D eigenvalue weighted by molar-refractivity contribution is 5.29. The quantitative estimate of drug-likeness (QED) is 0.890. The normalized spacial score (nSPS) is 19.2. The fraction of sp³-hybridized carbons (Fsp3) is 0.600. The van der Waals surface area contributed by atoms with E-state index in [9.17, 15) is 0 Å². The van der Waals surface area contributed by atoms with Gasteiger partial charge in [0.2, 0.25) is 0 Å². The minimum atomic E-state index is 0.106. The van der Waals surface area contributed by atoms with Gasteiger partial charge < -0.3 is 15.4 Å². The van der Waals surface area contributed by atoms with Gasteiger partial charge in [0.25, 0.3) is 0 Å². The number of hydrogen-bond donors (Lipinski definition) is 1. The minimum Gasteiger partial charge on any atom is -0.497 e. The van der Waals surface area contributed by atoms with Gasteiger partial charge in [0.05, 0.1) is 7.11 Å². The maximum Gasteiger partial charge on any atom is 0.118 e. The lowest BCUT2D eigenvalue weighted by molar-refractivity contribution is 0.268. The fourth-order valence-electron chi connectivity index (χ4n) is 2.55. The summed E-state index contributed by atoms with van der Waals surface area (Å²) in [7, 11) is 1.69. The molecule has 1 fully saturated rings. The zero-order valence-corrected chi connectivity index (χ0v) is 11.3. The largest absolute Gasteiger partial charge is 0.497 e. The first-order valence-corrected chi connectivity index (χ1v) is 6.91. The lowest BCUT2D eigenvalue weighted by atomic mass is 10.1. The maximum absolute atomic E-state index is 6.29. The number of nitrogens with zero attached hydrogens (tertiary/aromatic N) is 1.